The van der Waals surface area contributed by atoms with Crippen LogP contribution in [0.3, 0.4) is 0 Å². The Hall–Kier alpha value is -2.76. The fourth-order valence-corrected chi connectivity index (χ4v) is 2.77. The molecule has 0 aliphatic carbocycles. The molecule has 3 rings (SSSR count). The molecule has 6 heteroatoms. The largest absolute Gasteiger partial charge is 0.461 e. The fourth-order valence-electron chi connectivity index (χ4n) is 2.77. The Morgan fingerprint density at radius 3 is 2.60 bits per heavy atom. The molecular weight excluding hydrogens is 316 g/mol. The minimum absolute atomic E-state index is 0.171. The number of nitrogens with zero attached hydrogens (tertiary/aromatic N) is 4. The van der Waals surface area contributed by atoms with Crippen molar-refractivity contribution in [1.82, 2.24) is 19.6 Å². The normalized spacial score (nSPS) is 11.2. The van der Waals surface area contributed by atoms with E-state index in [4.69, 9.17) is 4.74 Å². The molecule has 0 N–H and O–H groups in total. The van der Waals surface area contributed by atoms with E-state index in [1.54, 1.807) is 4.52 Å². The van der Waals surface area contributed by atoms with Crippen molar-refractivity contribution in [3.63, 3.8) is 0 Å². The zero-order valence-electron chi connectivity index (χ0n) is 15.0. The summed E-state index contributed by atoms with van der Waals surface area (Å²) < 4.78 is 7.06. The quantitative estimate of drug-likeness (QED) is 0.668. The van der Waals surface area contributed by atoms with Gasteiger partial charge < -0.3 is 4.74 Å². The van der Waals surface area contributed by atoms with Gasteiger partial charge in [0, 0.05) is 17.0 Å². The average molecular weight is 338 g/mol. The number of hydrogen-bond donors (Lipinski definition) is 0. The number of rotatable bonds is 5. The molecule has 0 radical (unpaired) electrons. The molecule has 0 atom stereocenters. The number of benzene rings is 1. The summed E-state index contributed by atoms with van der Waals surface area (Å²) in [4.78, 5) is 20.7. The van der Waals surface area contributed by atoms with Gasteiger partial charge >= 0.3 is 5.97 Å². The van der Waals surface area contributed by atoms with E-state index in [2.05, 4.69) is 41.0 Å². The third-order valence-corrected chi connectivity index (χ3v) is 4.36. The fraction of sp³-hybridized carbons (Fsp3) is 0.368. The first-order valence-electron chi connectivity index (χ1n) is 8.36. The van der Waals surface area contributed by atoms with E-state index < -0.39 is 0 Å². The van der Waals surface area contributed by atoms with Gasteiger partial charge in [0.1, 0.15) is 12.9 Å². The lowest BCUT2D eigenvalue weighted by molar-refractivity contribution is -0.144. The molecule has 1 aromatic carbocycles. The lowest BCUT2D eigenvalue weighted by Crippen LogP contribution is -2.13. The first kappa shape index (κ1) is 17.1. The van der Waals surface area contributed by atoms with Crippen molar-refractivity contribution in [3.05, 3.63) is 58.7 Å². The van der Waals surface area contributed by atoms with Gasteiger partial charge in [-0.25, -0.2) is 9.50 Å². The lowest BCUT2D eigenvalue weighted by atomic mass is 10.0. The van der Waals surface area contributed by atoms with Gasteiger partial charge in [0.25, 0.3) is 5.78 Å². The highest BCUT2D eigenvalue weighted by atomic mass is 16.5. The van der Waals surface area contributed by atoms with Crippen LogP contribution in [-0.2, 0) is 22.6 Å². The number of aryl methyl sites for hydroxylation is 2. The molecule has 6 nitrogen and oxygen atoms in total. The molecule has 0 saturated heterocycles. The van der Waals surface area contributed by atoms with E-state index in [-0.39, 0.29) is 19.0 Å². The van der Waals surface area contributed by atoms with Crippen LogP contribution in [0, 0.1) is 13.8 Å². The van der Waals surface area contributed by atoms with Crippen molar-refractivity contribution < 1.29 is 9.53 Å². The maximum absolute atomic E-state index is 12.2. The third kappa shape index (κ3) is 3.68. The predicted molar refractivity (Wildman–Crippen MR) is 94.3 cm³/mol. The lowest BCUT2D eigenvalue weighted by Gasteiger charge is -2.11. The van der Waals surface area contributed by atoms with Gasteiger partial charge in [-0.2, -0.15) is 10.1 Å². The van der Waals surface area contributed by atoms with Gasteiger partial charge in [0.2, 0.25) is 0 Å². The SMILES string of the molecule is Cc1nc2ncnn2c(C)c1CC(=O)OCc1ccc(C(C)C)cc1. The van der Waals surface area contributed by atoms with Gasteiger partial charge in [-0.05, 0) is 30.9 Å². The molecule has 25 heavy (non-hydrogen) atoms. The molecule has 0 fully saturated rings. The van der Waals surface area contributed by atoms with Crippen molar-refractivity contribution in [2.75, 3.05) is 0 Å². The second-order valence-corrected chi connectivity index (χ2v) is 6.47. The van der Waals surface area contributed by atoms with E-state index in [1.165, 1.54) is 11.9 Å². The van der Waals surface area contributed by atoms with E-state index in [0.29, 0.717) is 11.7 Å². The Balaban J connectivity index is 1.66. The molecule has 130 valence electrons. The van der Waals surface area contributed by atoms with Crippen LogP contribution in [0.1, 0.15) is 47.8 Å². The number of ether oxygens (including phenoxy) is 1. The van der Waals surface area contributed by atoms with Crippen LogP contribution in [0.5, 0.6) is 0 Å². The molecule has 2 aromatic heterocycles. The minimum Gasteiger partial charge on any atom is -0.461 e. The smallest absolute Gasteiger partial charge is 0.310 e. The van der Waals surface area contributed by atoms with E-state index in [0.717, 1.165) is 22.5 Å². The van der Waals surface area contributed by atoms with Crippen molar-refractivity contribution in [1.29, 1.82) is 0 Å². The Kier molecular flexibility index (Phi) is 4.79. The standard InChI is InChI=1S/C19H22N4O2/c1-12(2)16-7-5-15(6-8-16)10-25-18(24)9-17-13(3)22-19-20-11-21-23(19)14(17)4/h5-8,11-12H,9-10H2,1-4H3. The highest BCUT2D eigenvalue weighted by Gasteiger charge is 2.15. The second kappa shape index (κ2) is 7.01. The number of carbonyl (C=O) groups is 1. The van der Waals surface area contributed by atoms with Crippen molar-refractivity contribution in [3.8, 4) is 0 Å². The first-order chi connectivity index (χ1) is 12.0. The Labute approximate surface area is 146 Å². The molecule has 0 unspecified atom stereocenters. The van der Waals surface area contributed by atoms with E-state index in [9.17, 15) is 4.79 Å². The maximum atomic E-state index is 12.2. The zero-order chi connectivity index (χ0) is 18.0. The Morgan fingerprint density at radius 2 is 1.92 bits per heavy atom. The number of fused-ring (bicyclic) bond motifs is 1. The van der Waals surface area contributed by atoms with Gasteiger partial charge in [-0.3, -0.25) is 4.79 Å². The number of carbonyl (C=O) groups excluding carboxylic acids is 1. The zero-order valence-corrected chi connectivity index (χ0v) is 15.0. The van der Waals surface area contributed by atoms with Crippen LogP contribution in [0.4, 0.5) is 0 Å². The van der Waals surface area contributed by atoms with Crippen molar-refractivity contribution in [2.45, 2.75) is 46.6 Å². The number of hydrogen-bond acceptors (Lipinski definition) is 5. The second-order valence-electron chi connectivity index (χ2n) is 6.47. The highest BCUT2D eigenvalue weighted by Crippen LogP contribution is 2.16. The van der Waals surface area contributed by atoms with Crippen molar-refractivity contribution in [2.24, 2.45) is 0 Å². The molecule has 0 saturated carbocycles. The number of esters is 1. The van der Waals surface area contributed by atoms with E-state index >= 15 is 0 Å². The Bertz CT molecular complexity index is 898. The summed E-state index contributed by atoms with van der Waals surface area (Å²) in [6.45, 7) is 8.35. The molecule has 0 aliphatic rings. The third-order valence-electron chi connectivity index (χ3n) is 4.36. The molecule has 0 amide bonds. The van der Waals surface area contributed by atoms with Crippen LogP contribution in [0.25, 0.3) is 5.78 Å². The predicted octanol–water partition coefficient (Wildman–Crippen LogP) is 3.15. The van der Waals surface area contributed by atoms with Crippen molar-refractivity contribution >= 4 is 11.7 Å². The highest BCUT2D eigenvalue weighted by molar-refractivity contribution is 5.73. The molecule has 2 heterocycles. The van der Waals surface area contributed by atoms with Gasteiger partial charge in [-0.15, -0.1) is 0 Å². The first-order valence-corrected chi connectivity index (χ1v) is 8.36. The average Bonchev–Trinajstić information content (AvgIpc) is 3.05. The van der Waals surface area contributed by atoms with Gasteiger partial charge in [0.15, 0.2) is 0 Å². The molecule has 0 spiro atoms. The summed E-state index contributed by atoms with van der Waals surface area (Å²) in [7, 11) is 0. The van der Waals surface area contributed by atoms with Crippen LogP contribution < -0.4 is 0 Å². The topological polar surface area (TPSA) is 69.4 Å². The summed E-state index contributed by atoms with van der Waals surface area (Å²) >= 11 is 0. The minimum atomic E-state index is -0.277. The summed E-state index contributed by atoms with van der Waals surface area (Å²) in [5.74, 6) is 0.750. The van der Waals surface area contributed by atoms with Gasteiger partial charge in [0.05, 0.1) is 6.42 Å². The number of aromatic nitrogens is 4. The summed E-state index contributed by atoms with van der Waals surface area (Å²) in [6.07, 6.45) is 1.63. The Morgan fingerprint density at radius 1 is 1.20 bits per heavy atom. The maximum Gasteiger partial charge on any atom is 0.310 e. The molecular formula is C19H22N4O2. The van der Waals surface area contributed by atoms with Crippen LogP contribution in [0.2, 0.25) is 0 Å². The summed E-state index contributed by atoms with van der Waals surface area (Å²) in [5, 5.41) is 4.13. The van der Waals surface area contributed by atoms with Crippen LogP contribution in [0.15, 0.2) is 30.6 Å². The van der Waals surface area contributed by atoms with E-state index in [1.807, 2.05) is 26.0 Å². The summed E-state index contributed by atoms with van der Waals surface area (Å²) in [5.41, 5.74) is 4.72. The summed E-state index contributed by atoms with van der Waals surface area (Å²) in [6, 6.07) is 8.15. The van der Waals surface area contributed by atoms with Gasteiger partial charge in [-0.1, -0.05) is 38.1 Å². The molecule has 3 aromatic rings. The monoisotopic (exact) mass is 338 g/mol. The van der Waals surface area contributed by atoms with Crippen LogP contribution in [-0.4, -0.2) is 25.6 Å². The molecule has 0 bridgehead atoms. The molecule has 0 aliphatic heterocycles. The van der Waals surface area contributed by atoms with Crippen LogP contribution >= 0.6 is 0 Å².